The fourth-order valence-corrected chi connectivity index (χ4v) is 3.30. The van der Waals surface area contributed by atoms with Gasteiger partial charge in [-0.05, 0) is 37.0 Å². The predicted octanol–water partition coefficient (Wildman–Crippen LogP) is 2.98. The van der Waals surface area contributed by atoms with E-state index in [9.17, 15) is 19.7 Å². The monoisotopic (exact) mass is 397 g/mol. The minimum Gasteiger partial charge on any atom is -0.452 e. The van der Waals surface area contributed by atoms with Crippen LogP contribution in [-0.4, -0.2) is 36.5 Å². The first kappa shape index (κ1) is 20.3. The van der Waals surface area contributed by atoms with E-state index in [4.69, 9.17) is 4.74 Å². The van der Waals surface area contributed by atoms with Crippen molar-refractivity contribution >= 4 is 23.3 Å². The number of nitro groups is 1. The molecule has 8 nitrogen and oxygen atoms in total. The Morgan fingerprint density at radius 1 is 1.17 bits per heavy atom. The second-order valence-corrected chi connectivity index (χ2v) is 6.93. The summed E-state index contributed by atoms with van der Waals surface area (Å²) in [5.74, 6) is -1.18. The zero-order chi connectivity index (χ0) is 20.8. The molecule has 0 unspecified atom stereocenters. The summed E-state index contributed by atoms with van der Waals surface area (Å²) in [5, 5.41) is 13.8. The van der Waals surface area contributed by atoms with Gasteiger partial charge in [0.05, 0.1) is 16.2 Å². The molecule has 1 heterocycles. The topological polar surface area (TPSA) is 102 Å². The van der Waals surface area contributed by atoms with E-state index in [0.717, 1.165) is 37.1 Å². The summed E-state index contributed by atoms with van der Waals surface area (Å²) in [6.45, 7) is 3.37. The molecule has 2 aromatic rings. The van der Waals surface area contributed by atoms with E-state index in [2.05, 4.69) is 5.32 Å². The number of amides is 1. The molecule has 0 saturated carbocycles. The molecule has 2 aromatic carbocycles. The molecule has 1 amide bonds. The first-order valence-corrected chi connectivity index (χ1v) is 9.47. The predicted molar refractivity (Wildman–Crippen MR) is 108 cm³/mol. The zero-order valence-electron chi connectivity index (χ0n) is 16.2. The molecule has 0 aliphatic carbocycles. The van der Waals surface area contributed by atoms with Crippen molar-refractivity contribution < 1.29 is 19.2 Å². The number of hydrogen-bond acceptors (Lipinski definition) is 6. The van der Waals surface area contributed by atoms with Crippen LogP contribution in [0.2, 0.25) is 0 Å². The first-order valence-electron chi connectivity index (χ1n) is 9.47. The molecule has 1 aliphatic heterocycles. The highest BCUT2D eigenvalue weighted by atomic mass is 16.6. The molecule has 152 valence electrons. The van der Waals surface area contributed by atoms with Gasteiger partial charge in [-0.25, -0.2) is 4.79 Å². The number of esters is 1. The number of carbonyl (C=O) groups is 2. The second kappa shape index (κ2) is 9.18. The van der Waals surface area contributed by atoms with E-state index in [0.29, 0.717) is 12.2 Å². The third kappa shape index (κ3) is 5.10. The van der Waals surface area contributed by atoms with Crippen molar-refractivity contribution in [1.29, 1.82) is 0 Å². The molecule has 1 saturated heterocycles. The average Bonchev–Trinajstić information content (AvgIpc) is 3.25. The summed E-state index contributed by atoms with van der Waals surface area (Å²) in [6, 6.07) is 11.8. The summed E-state index contributed by atoms with van der Waals surface area (Å²) < 4.78 is 5.14. The van der Waals surface area contributed by atoms with E-state index >= 15 is 0 Å². The highest BCUT2D eigenvalue weighted by Crippen LogP contribution is 2.29. The average molecular weight is 397 g/mol. The normalized spacial score (nSPS) is 13.2. The summed E-state index contributed by atoms with van der Waals surface area (Å²) >= 11 is 0. The van der Waals surface area contributed by atoms with Crippen molar-refractivity contribution in [1.82, 2.24) is 5.32 Å². The maximum Gasteiger partial charge on any atom is 0.341 e. The third-order valence-electron chi connectivity index (χ3n) is 4.93. The first-order chi connectivity index (χ1) is 14.0. The van der Waals surface area contributed by atoms with Gasteiger partial charge >= 0.3 is 5.97 Å². The standard InChI is InChI=1S/C21H23N3O5/c1-15-6-2-3-7-16(15)13-22-20(25)14-29-21(26)18-12-17(24(27)28)8-9-19(18)23-10-4-5-11-23/h2-3,6-9,12H,4-5,10-11,13-14H2,1H3,(H,22,25). The van der Waals surface area contributed by atoms with Crippen LogP contribution < -0.4 is 10.2 Å². The van der Waals surface area contributed by atoms with Crippen molar-refractivity contribution in [3.8, 4) is 0 Å². The van der Waals surface area contributed by atoms with E-state index in [1.165, 1.54) is 12.1 Å². The SMILES string of the molecule is Cc1ccccc1CNC(=O)COC(=O)c1cc([N+](=O)[O-])ccc1N1CCCC1. The van der Waals surface area contributed by atoms with Crippen LogP contribution in [0.1, 0.15) is 34.3 Å². The van der Waals surface area contributed by atoms with Crippen molar-refractivity contribution in [2.24, 2.45) is 0 Å². The Balaban J connectivity index is 1.64. The van der Waals surface area contributed by atoms with Gasteiger partial charge in [-0.3, -0.25) is 14.9 Å². The molecule has 0 aromatic heterocycles. The Hall–Kier alpha value is -3.42. The number of anilines is 1. The van der Waals surface area contributed by atoms with Crippen LogP contribution in [0.25, 0.3) is 0 Å². The Labute approximate surface area is 168 Å². The lowest BCUT2D eigenvalue weighted by Crippen LogP contribution is -2.29. The number of hydrogen-bond donors (Lipinski definition) is 1. The number of aryl methyl sites for hydroxylation is 1. The van der Waals surface area contributed by atoms with Crippen LogP contribution in [0.5, 0.6) is 0 Å². The van der Waals surface area contributed by atoms with Crippen LogP contribution in [0, 0.1) is 17.0 Å². The van der Waals surface area contributed by atoms with E-state index < -0.39 is 23.4 Å². The van der Waals surface area contributed by atoms with Crippen molar-refractivity contribution in [3.63, 3.8) is 0 Å². The van der Waals surface area contributed by atoms with Crippen molar-refractivity contribution in [2.75, 3.05) is 24.6 Å². The molecule has 0 spiro atoms. The van der Waals surface area contributed by atoms with Gasteiger partial charge in [0.1, 0.15) is 0 Å². The van der Waals surface area contributed by atoms with Crippen LogP contribution in [0.4, 0.5) is 11.4 Å². The Morgan fingerprint density at radius 2 is 1.90 bits per heavy atom. The van der Waals surface area contributed by atoms with Gasteiger partial charge in [0.15, 0.2) is 6.61 Å². The number of non-ortho nitro benzene ring substituents is 1. The lowest BCUT2D eigenvalue weighted by Gasteiger charge is -2.20. The van der Waals surface area contributed by atoms with E-state index in [1.807, 2.05) is 36.1 Å². The number of benzene rings is 2. The number of ether oxygens (including phenoxy) is 1. The Kier molecular flexibility index (Phi) is 6.43. The largest absolute Gasteiger partial charge is 0.452 e. The Morgan fingerprint density at radius 3 is 2.59 bits per heavy atom. The molecule has 0 radical (unpaired) electrons. The van der Waals surface area contributed by atoms with Crippen LogP contribution in [0.15, 0.2) is 42.5 Å². The Bertz CT molecular complexity index is 922. The van der Waals surface area contributed by atoms with Crippen LogP contribution in [-0.2, 0) is 16.1 Å². The highest BCUT2D eigenvalue weighted by molar-refractivity contribution is 5.97. The van der Waals surface area contributed by atoms with Gasteiger partial charge in [0, 0.05) is 31.8 Å². The smallest absolute Gasteiger partial charge is 0.341 e. The van der Waals surface area contributed by atoms with Gasteiger partial charge in [-0.15, -0.1) is 0 Å². The van der Waals surface area contributed by atoms with Crippen molar-refractivity contribution in [2.45, 2.75) is 26.3 Å². The molecule has 1 N–H and O–H groups in total. The number of nitrogens with one attached hydrogen (secondary N) is 1. The van der Waals surface area contributed by atoms with Crippen LogP contribution >= 0.6 is 0 Å². The lowest BCUT2D eigenvalue weighted by molar-refractivity contribution is -0.384. The molecular formula is C21H23N3O5. The maximum absolute atomic E-state index is 12.6. The number of nitro benzene ring substituents is 1. The third-order valence-corrected chi connectivity index (χ3v) is 4.93. The van der Waals surface area contributed by atoms with Crippen molar-refractivity contribution in [3.05, 3.63) is 69.3 Å². The molecule has 0 atom stereocenters. The molecule has 8 heteroatoms. The molecule has 3 rings (SSSR count). The lowest BCUT2D eigenvalue weighted by atomic mass is 10.1. The maximum atomic E-state index is 12.6. The summed E-state index contributed by atoms with van der Waals surface area (Å²) in [5.41, 5.74) is 2.54. The van der Waals surface area contributed by atoms with Crippen LogP contribution in [0.3, 0.4) is 0 Å². The number of carbonyl (C=O) groups excluding carboxylic acids is 2. The highest BCUT2D eigenvalue weighted by Gasteiger charge is 2.24. The van der Waals surface area contributed by atoms with E-state index in [-0.39, 0.29) is 11.3 Å². The van der Waals surface area contributed by atoms with Gasteiger partial charge in [0.25, 0.3) is 11.6 Å². The summed E-state index contributed by atoms with van der Waals surface area (Å²) in [4.78, 5) is 37.2. The quantitative estimate of drug-likeness (QED) is 0.438. The molecule has 1 fully saturated rings. The number of rotatable bonds is 7. The molecular weight excluding hydrogens is 374 g/mol. The molecule has 1 aliphatic rings. The van der Waals surface area contributed by atoms with Gasteiger partial charge in [0.2, 0.25) is 0 Å². The zero-order valence-corrected chi connectivity index (χ0v) is 16.2. The van der Waals surface area contributed by atoms with E-state index in [1.54, 1.807) is 6.07 Å². The number of nitrogens with zero attached hydrogens (tertiary/aromatic N) is 2. The fraction of sp³-hybridized carbons (Fsp3) is 0.333. The van der Waals surface area contributed by atoms with Gasteiger partial charge in [-0.2, -0.15) is 0 Å². The minimum absolute atomic E-state index is 0.104. The molecule has 29 heavy (non-hydrogen) atoms. The van der Waals surface area contributed by atoms with Gasteiger partial charge < -0.3 is 15.0 Å². The minimum atomic E-state index is -0.748. The second-order valence-electron chi connectivity index (χ2n) is 6.93. The summed E-state index contributed by atoms with van der Waals surface area (Å²) in [6.07, 6.45) is 1.99. The summed E-state index contributed by atoms with van der Waals surface area (Å²) in [7, 11) is 0. The molecule has 0 bridgehead atoms. The van der Waals surface area contributed by atoms with Gasteiger partial charge in [-0.1, -0.05) is 24.3 Å². The fourth-order valence-electron chi connectivity index (χ4n) is 3.30.